The highest BCUT2D eigenvalue weighted by Crippen LogP contribution is 2.16. The first-order valence-corrected chi connectivity index (χ1v) is 6.76. The van der Waals surface area contributed by atoms with Crippen molar-refractivity contribution in [3.8, 4) is 0 Å². The lowest BCUT2D eigenvalue weighted by Crippen LogP contribution is -2.36. The Morgan fingerprint density at radius 3 is 2.95 bits per heavy atom. The van der Waals surface area contributed by atoms with Crippen LogP contribution in [0.4, 0.5) is 0 Å². The predicted octanol–water partition coefficient (Wildman–Crippen LogP) is 2.19. The standard InChI is InChI=1S/C15H21N3O/c1-3-8-16-13(11-19-2)9-15-14-7-5-4-6-12(14)10-17-18-15/h4-7,10,13,16H,3,8-9,11H2,1-2H3. The first kappa shape index (κ1) is 13.9. The molecule has 0 aliphatic carbocycles. The molecule has 0 radical (unpaired) electrons. The average molecular weight is 259 g/mol. The molecule has 0 aliphatic rings. The van der Waals surface area contributed by atoms with Crippen LogP contribution < -0.4 is 5.32 Å². The van der Waals surface area contributed by atoms with Gasteiger partial charge in [0.1, 0.15) is 0 Å². The van der Waals surface area contributed by atoms with Crippen molar-refractivity contribution in [3.63, 3.8) is 0 Å². The SMILES string of the molecule is CCCNC(COC)Cc1nncc2ccccc12. The van der Waals surface area contributed by atoms with Crippen molar-refractivity contribution < 1.29 is 4.74 Å². The number of benzene rings is 1. The average Bonchev–Trinajstić information content (AvgIpc) is 2.45. The largest absolute Gasteiger partial charge is 0.383 e. The molecule has 19 heavy (non-hydrogen) atoms. The van der Waals surface area contributed by atoms with E-state index in [1.54, 1.807) is 7.11 Å². The monoisotopic (exact) mass is 259 g/mol. The maximum absolute atomic E-state index is 5.27. The molecule has 4 nitrogen and oxygen atoms in total. The van der Waals surface area contributed by atoms with E-state index in [9.17, 15) is 0 Å². The van der Waals surface area contributed by atoms with Gasteiger partial charge in [-0.15, -0.1) is 0 Å². The van der Waals surface area contributed by atoms with Crippen LogP contribution in [0, 0.1) is 0 Å². The van der Waals surface area contributed by atoms with Crippen molar-refractivity contribution in [1.82, 2.24) is 15.5 Å². The summed E-state index contributed by atoms with van der Waals surface area (Å²) in [6.07, 6.45) is 3.76. The fraction of sp³-hybridized carbons (Fsp3) is 0.467. The van der Waals surface area contributed by atoms with Crippen LogP contribution in [0.25, 0.3) is 10.8 Å². The highest BCUT2D eigenvalue weighted by atomic mass is 16.5. The topological polar surface area (TPSA) is 47.0 Å². The molecule has 0 fully saturated rings. The van der Waals surface area contributed by atoms with Gasteiger partial charge in [-0.25, -0.2) is 0 Å². The highest BCUT2D eigenvalue weighted by molar-refractivity contribution is 5.83. The van der Waals surface area contributed by atoms with Crippen LogP contribution in [0.15, 0.2) is 30.5 Å². The molecule has 0 bridgehead atoms. The van der Waals surface area contributed by atoms with Gasteiger partial charge < -0.3 is 10.1 Å². The van der Waals surface area contributed by atoms with Crippen LogP contribution in [0.2, 0.25) is 0 Å². The van der Waals surface area contributed by atoms with Gasteiger partial charge in [0.15, 0.2) is 0 Å². The van der Waals surface area contributed by atoms with E-state index >= 15 is 0 Å². The number of ether oxygens (including phenoxy) is 1. The van der Waals surface area contributed by atoms with Crippen LogP contribution in [0.5, 0.6) is 0 Å². The number of hydrogen-bond acceptors (Lipinski definition) is 4. The smallest absolute Gasteiger partial charge is 0.0725 e. The van der Waals surface area contributed by atoms with Crippen molar-refractivity contribution >= 4 is 10.8 Å². The molecular weight excluding hydrogens is 238 g/mol. The summed E-state index contributed by atoms with van der Waals surface area (Å²) in [5, 5.41) is 14.2. The van der Waals surface area contributed by atoms with Gasteiger partial charge in [-0.3, -0.25) is 0 Å². The van der Waals surface area contributed by atoms with E-state index in [0.29, 0.717) is 6.61 Å². The van der Waals surface area contributed by atoms with Gasteiger partial charge in [-0.2, -0.15) is 10.2 Å². The van der Waals surface area contributed by atoms with E-state index < -0.39 is 0 Å². The quantitative estimate of drug-likeness (QED) is 0.828. The van der Waals surface area contributed by atoms with Crippen LogP contribution in [-0.4, -0.2) is 36.5 Å². The third kappa shape index (κ3) is 3.72. The summed E-state index contributed by atoms with van der Waals surface area (Å²) < 4.78 is 5.27. The number of nitrogens with one attached hydrogen (secondary N) is 1. The van der Waals surface area contributed by atoms with Gasteiger partial charge in [0, 0.05) is 30.3 Å². The Morgan fingerprint density at radius 2 is 2.16 bits per heavy atom. The van der Waals surface area contributed by atoms with Crippen LogP contribution in [0.3, 0.4) is 0 Å². The molecule has 2 rings (SSSR count). The zero-order valence-electron chi connectivity index (χ0n) is 11.6. The van der Waals surface area contributed by atoms with Gasteiger partial charge in [0.25, 0.3) is 0 Å². The summed E-state index contributed by atoms with van der Waals surface area (Å²) in [6.45, 7) is 3.84. The molecule has 4 heteroatoms. The van der Waals surface area contributed by atoms with E-state index in [1.165, 1.54) is 5.39 Å². The Bertz CT molecular complexity index is 510. The minimum absolute atomic E-state index is 0.282. The number of methoxy groups -OCH3 is 1. The number of rotatable bonds is 7. The summed E-state index contributed by atoms with van der Waals surface area (Å²) >= 11 is 0. The Kier molecular flexibility index (Phi) is 5.24. The summed E-state index contributed by atoms with van der Waals surface area (Å²) in [5.41, 5.74) is 1.03. The molecule has 1 N–H and O–H groups in total. The van der Waals surface area contributed by atoms with Crippen LogP contribution in [0.1, 0.15) is 19.0 Å². The lowest BCUT2D eigenvalue weighted by Gasteiger charge is -2.17. The Morgan fingerprint density at radius 1 is 1.32 bits per heavy atom. The van der Waals surface area contributed by atoms with E-state index in [4.69, 9.17) is 4.74 Å². The van der Waals surface area contributed by atoms with E-state index in [2.05, 4.69) is 34.6 Å². The zero-order valence-corrected chi connectivity index (χ0v) is 11.6. The molecule has 2 aromatic rings. The molecule has 1 atom stereocenters. The minimum Gasteiger partial charge on any atom is -0.383 e. The predicted molar refractivity (Wildman–Crippen MR) is 77.2 cm³/mol. The fourth-order valence-corrected chi connectivity index (χ4v) is 2.21. The number of fused-ring (bicyclic) bond motifs is 1. The van der Waals surface area contributed by atoms with Gasteiger partial charge >= 0.3 is 0 Å². The van der Waals surface area contributed by atoms with Crippen LogP contribution >= 0.6 is 0 Å². The number of nitrogens with zero attached hydrogens (tertiary/aromatic N) is 2. The molecule has 0 saturated carbocycles. The normalized spacial score (nSPS) is 12.7. The van der Waals surface area contributed by atoms with Crippen LogP contribution in [-0.2, 0) is 11.2 Å². The summed E-state index contributed by atoms with van der Waals surface area (Å²) in [6, 6.07) is 8.51. The lowest BCUT2D eigenvalue weighted by molar-refractivity contribution is 0.166. The molecule has 1 heterocycles. The maximum Gasteiger partial charge on any atom is 0.0725 e. The Balaban J connectivity index is 2.18. The van der Waals surface area contributed by atoms with Crippen molar-refractivity contribution in [3.05, 3.63) is 36.2 Å². The maximum atomic E-state index is 5.27. The van der Waals surface area contributed by atoms with E-state index in [1.807, 2.05) is 18.3 Å². The first-order chi connectivity index (χ1) is 9.35. The fourth-order valence-electron chi connectivity index (χ4n) is 2.21. The Hall–Kier alpha value is -1.52. The van der Waals surface area contributed by atoms with Crippen molar-refractivity contribution in [2.75, 3.05) is 20.3 Å². The minimum atomic E-state index is 0.282. The Labute approximate surface area is 114 Å². The van der Waals surface area contributed by atoms with Crippen molar-refractivity contribution in [2.45, 2.75) is 25.8 Å². The summed E-state index contributed by atoms with van der Waals surface area (Å²) in [5.74, 6) is 0. The van der Waals surface area contributed by atoms with Crippen molar-refractivity contribution in [2.24, 2.45) is 0 Å². The van der Waals surface area contributed by atoms with Gasteiger partial charge in [-0.05, 0) is 13.0 Å². The third-order valence-corrected chi connectivity index (χ3v) is 3.14. The molecule has 102 valence electrons. The van der Waals surface area contributed by atoms with Gasteiger partial charge in [0.2, 0.25) is 0 Å². The van der Waals surface area contributed by atoms with Gasteiger partial charge in [0.05, 0.1) is 18.5 Å². The molecule has 1 aromatic heterocycles. The molecule has 0 aliphatic heterocycles. The molecule has 0 spiro atoms. The second-order valence-electron chi connectivity index (χ2n) is 4.69. The lowest BCUT2D eigenvalue weighted by atomic mass is 10.1. The molecular formula is C15H21N3O. The third-order valence-electron chi connectivity index (χ3n) is 3.14. The van der Waals surface area contributed by atoms with Crippen molar-refractivity contribution in [1.29, 1.82) is 0 Å². The molecule has 0 saturated heterocycles. The number of aromatic nitrogens is 2. The zero-order chi connectivity index (χ0) is 13.5. The molecule has 0 amide bonds. The molecule has 1 aromatic carbocycles. The van der Waals surface area contributed by atoms with E-state index in [0.717, 1.165) is 30.5 Å². The van der Waals surface area contributed by atoms with E-state index in [-0.39, 0.29) is 6.04 Å². The molecule has 1 unspecified atom stereocenters. The van der Waals surface area contributed by atoms with Gasteiger partial charge in [-0.1, -0.05) is 31.2 Å². The summed E-state index contributed by atoms with van der Waals surface area (Å²) in [7, 11) is 1.73. The first-order valence-electron chi connectivity index (χ1n) is 6.76. The second-order valence-corrected chi connectivity index (χ2v) is 4.69. The number of hydrogen-bond donors (Lipinski definition) is 1. The highest BCUT2D eigenvalue weighted by Gasteiger charge is 2.12. The second kappa shape index (κ2) is 7.16. The summed E-state index contributed by atoms with van der Waals surface area (Å²) in [4.78, 5) is 0.